The summed E-state index contributed by atoms with van der Waals surface area (Å²) < 4.78 is 46.7. The lowest BCUT2D eigenvalue weighted by molar-refractivity contribution is 0.346. The number of ether oxygens (including phenoxy) is 1. The van der Waals surface area contributed by atoms with Crippen LogP contribution in [0.5, 0.6) is 11.5 Å². The normalized spacial score (nSPS) is 14.9. The number of piperidine rings is 1. The van der Waals surface area contributed by atoms with Crippen molar-refractivity contribution in [3.05, 3.63) is 72.4 Å². The largest absolute Gasteiger partial charge is 0.453 e. The molecule has 3 aromatic rings. The molecule has 0 spiro atoms. The molecule has 1 N–H and O–H groups in total. The highest BCUT2D eigenvalue weighted by molar-refractivity contribution is 7.89. The molecule has 1 fully saturated rings. The van der Waals surface area contributed by atoms with Crippen LogP contribution in [0, 0.1) is 5.82 Å². The second-order valence-electron chi connectivity index (χ2n) is 7.25. The van der Waals surface area contributed by atoms with Crippen molar-refractivity contribution in [2.75, 3.05) is 18.4 Å². The highest BCUT2D eigenvalue weighted by Gasteiger charge is 2.26. The van der Waals surface area contributed by atoms with Gasteiger partial charge in [-0.25, -0.2) is 17.8 Å². The Kier molecular flexibility index (Phi) is 6.43. The van der Waals surface area contributed by atoms with Crippen molar-refractivity contribution in [2.24, 2.45) is 0 Å². The maximum absolute atomic E-state index is 14.4. The molecule has 0 bridgehead atoms. The number of pyridine rings is 2. The zero-order chi connectivity index (χ0) is 21.7. The van der Waals surface area contributed by atoms with Crippen LogP contribution >= 0.6 is 0 Å². The summed E-state index contributed by atoms with van der Waals surface area (Å²) in [7, 11) is -3.51. The third-order valence-corrected chi connectivity index (χ3v) is 6.90. The van der Waals surface area contributed by atoms with Gasteiger partial charge in [0.05, 0.1) is 6.20 Å². The highest BCUT2D eigenvalue weighted by atomic mass is 32.2. The van der Waals surface area contributed by atoms with E-state index in [-0.39, 0.29) is 10.6 Å². The molecule has 162 valence electrons. The molecule has 0 amide bonds. The van der Waals surface area contributed by atoms with Gasteiger partial charge < -0.3 is 10.1 Å². The average Bonchev–Trinajstić information content (AvgIpc) is 2.81. The molecule has 0 saturated carbocycles. The van der Waals surface area contributed by atoms with Gasteiger partial charge in [-0.1, -0.05) is 12.5 Å². The van der Waals surface area contributed by atoms with E-state index in [2.05, 4.69) is 15.3 Å². The third-order valence-electron chi connectivity index (χ3n) is 5.02. The first kappa shape index (κ1) is 21.2. The predicted molar refractivity (Wildman–Crippen MR) is 115 cm³/mol. The summed E-state index contributed by atoms with van der Waals surface area (Å²) in [5, 5.41) is 3.08. The molecule has 1 aromatic carbocycles. The topological polar surface area (TPSA) is 84.4 Å². The lowest BCUT2D eigenvalue weighted by Crippen LogP contribution is -2.35. The monoisotopic (exact) mass is 442 g/mol. The number of halogens is 1. The Bertz CT molecular complexity index is 1120. The van der Waals surface area contributed by atoms with Crippen molar-refractivity contribution in [1.29, 1.82) is 0 Å². The van der Waals surface area contributed by atoms with E-state index in [1.165, 1.54) is 22.8 Å². The molecule has 0 atom stereocenters. The lowest BCUT2D eigenvalue weighted by atomic mass is 10.2. The van der Waals surface area contributed by atoms with E-state index in [0.717, 1.165) is 19.3 Å². The zero-order valence-electron chi connectivity index (χ0n) is 16.9. The number of nitrogens with zero attached hydrogens (tertiary/aromatic N) is 3. The third kappa shape index (κ3) is 5.18. The van der Waals surface area contributed by atoms with E-state index in [0.29, 0.717) is 36.8 Å². The van der Waals surface area contributed by atoms with Crippen LogP contribution in [0.3, 0.4) is 0 Å². The second kappa shape index (κ2) is 9.40. The number of nitrogens with one attached hydrogen (secondary N) is 1. The van der Waals surface area contributed by atoms with Crippen molar-refractivity contribution in [1.82, 2.24) is 14.3 Å². The minimum atomic E-state index is -3.51. The van der Waals surface area contributed by atoms with Gasteiger partial charge in [-0.05, 0) is 54.8 Å². The first-order valence-corrected chi connectivity index (χ1v) is 11.5. The van der Waals surface area contributed by atoms with Crippen molar-refractivity contribution >= 4 is 15.8 Å². The predicted octanol–water partition coefficient (Wildman–Crippen LogP) is 4.19. The van der Waals surface area contributed by atoms with Crippen LogP contribution in [-0.2, 0) is 16.6 Å². The first-order chi connectivity index (χ1) is 15.0. The Morgan fingerprint density at radius 3 is 2.58 bits per heavy atom. The molecule has 0 unspecified atom stereocenters. The van der Waals surface area contributed by atoms with Gasteiger partial charge in [-0.3, -0.25) is 4.98 Å². The van der Waals surface area contributed by atoms with E-state index >= 15 is 0 Å². The quantitative estimate of drug-likeness (QED) is 0.591. The maximum atomic E-state index is 14.4. The molecular formula is C22H23FN4O3S. The Balaban J connectivity index is 1.37. The molecule has 0 aliphatic carbocycles. The second-order valence-corrected chi connectivity index (χ2v) is 9.19. The molecule has 4 rings (SSSR count). The van der Waals surface area contributed by atoms with Gasteiger partial charge in [-0.15, -0.1) is 0 Å². The van der Waals surface area contributed by atoms with Gasteiger partial charge in [0.15, 0.2) is 11.6 Å². The minimum Gasteiger partial charge on any atom is -0.453 e. The van der Waals surface area contributed by atoms with Crippen LogP contribution < -0.4 is 10.1 Å². The first-order valence-electron chi connectivity index (χ1n) is 10.1. The summed E-state index contributed by atoms with van der Waals surface area (Å²) in [5.74, 6) is 0.589. The number of hydrogen-bond donors (Lipinski definition) is 1. The molecular weight excluding hydrogens is 419 g/mol. The smallest absolute Gasteiger partial charge is 0.244 e. The molecule has 2 aromatic heterocycles. The highest BCUT2D eigenvalue weighted by Crippen LogP contribution is 2.25. The van der Waals surface area contributed by atoms with Crippen molar-refractivity contribution in [3.8, 4) is 11.5 Å². The SMILES string of the molecule is O=S(=O)(c1ccc(NCc2ccc(Oc3cccnc3)c(F)c2)nc1)N1CCCCC1. The Hall–Kier alpha value is -3.04. The summed E-state index contributed by atoms with van der Waals surface area (Å²) in [6.07, 6.45) is 7.31. The van der Waals surface area contributed by atoms with Gasteiger partial charge in [0.2, 0.25) is 10.0 Å². The molecule has 31 heavy (non-hydrogen) atoms. The molecule has 7 nitrogen and oxygen atoms in total. The van der Waals surface area contributed by atoms with Gasteiger partial charge in [-0.2, -0.15) is 4.31 Å². The van der Waals surface area contributed by atoms with E-state index in [9.17, 15) is 12.8 Å². The summed E-state index contributed by atoms with van der Waals surface area (Å²) in [6, 6.07) is 11.3. The molecule has 1 saturated heterocycles. The van der Waals surface area contributed by atoms with Crippen LogP contribution in [0.2, 0.25) is 0 Å². The maximum Gasteiger partial charge on any atom is 0.244 e. The van der Waals surface area contributed by atoms with E-state index in [1.807, 2.05) is 0 Å². The van der Waals surface area contributed by atoms with Crippen LogP contribution in [0.4, 0.5) is 10.2 Å². The minimum absolute atomic E-state index is 0.113. The lowest BCUT2D eigenvalue weighted by Gasteiger charge is -2.25. The molecule has 1 aliphatic heterocycles. The van der Waals surface area contributed by atoms with Gasteiger partial charge in [0, 0.05) is 32.0 Å². The van der Waals surface area contributed by atoms with Crippen LogP contribution in [0.15, 0.2) is 66.0 Å². The summed E-state index contributed by atoms with van der Waals surface area (Å²) in [4.78, 5) is 8.33. The fourth-order valence-corrected chi connectivity index (χ4v) is 4.82. The summed E-state index contributed by atoms with van der Waals surface area (Å²) in [6.45, 7) is 1.43. The Morgan fingerprint density at radius 1 is 1.06 bits per heavy atom. The molecule has 9 heteroatoms. The van der Waals surface area contributed by atoms with Crippen LogP contribution in [-0.4, -0.2) is 35.8 Å². The fraction of sp³-hybridized carbons (Fsp3) is 0.273. The average molecular weight is 443 g/mol. The molecule has 1 aliphatic rings. The van der Waals surface area contributed by atoms with E-state index < -0.39 is 15.8 Å². The standard InChI is InChI=1S/C22H23FN4O3S/c23-20-13-17(6-8-21(20)30-18-5-4-10-24-15-18)14-25-22-9-7-19(16-26-22)31(28,29)27-11-2-1-3-12-27/h4-10,13,15-16H,1-3,11-12,14H2,(H,25,26). The number of rotatable bonds is 7. The number of sulfonamides is 1. The van der Waals surface area contributed by atoms with Gasteiger partial charge in [0.25, 0.3) is 0 Å². The van der Waals surface area contributed by atoms with E-state index in [1.54, 1.807) is 42.6 Å². The fourth-order valence-electron chi connectivity index (χ4n) is 3.36. The van der Waals surface area contributed by atoms with Gasteiger partial charge in [0.1, 0.15) is 16.5 Å². The van der Waals surface area contributed by atoms with Gasteiger partial charge >= 0.3 is 0 Å². The van der Waals surface area contributed by atoms with Crippen molar-refractivity contribution in [3.63, 3.8) is 0 Å². The van der Waals surface area contributed by atoms with Crippen LogP contribution in [0.25, 0.3) is 0 Å². The number of hydrogen-bond acceptors (Lipinski definition) is 6. The summed E-state index contributed by atoms with van der Waals surface area (Å²) >= 11 is 0. The van der Waals surface area contributed by atoms with Crippen molar-refractivity contribution in [2.45, 2.75) is 30.7 Å². The summed E-state index contributed by atoms with van der Waals surface area (Å²) in [5.41, 5.74) is 0.697. The van der Waals surface area contributed by atoms with E-state index in [4.69, 9.17) is 4.74 Å². The zero-order valence-corrected chi connectivity index (χ0v) is 17.7. The Morgan fingerprint density at radius 2 is 1.90 bits per heavy atom. The Labute approximate surface area is 181 Å². The molecule has 3 heterocycles. The number of anilines is 1. The number of benzene rings is 1. The molecule has 0 radical (unpaired) electrons. The van der Waals surface area contributed by atoms with Crippen molar-refractivity contribution < 1.29 is 17.5 Å². The number of aromatic nitrogens is 2. The van der Waals surface area contributed by atoms with Crippen LogP contribution in [0.1, 0.15) is 24.8 Å².